The number of pyridine rings is 2. The summed E-state index contributed by atoms with van der Waals surface area (Å²) in [6, 6.07) is 3.08. The van der Waals surface area contributed by atoms with Gasteiger partial charge in [0.15, 0.2) is 11.4 Å². The fourth-order valence-corrected chi connectivity index (χ4v) is 5.15. The average molecular weight is 512 g/mol. The van der Waals surface area contributed by atoms with Crippen molar-refractivity contribution in [3.8, 4) is 17.5 Å². The minimum absolute atomic E-state index is 0.0296. The first-order valence-corrected chi connectivity index (χ1v) is 12.2. The molecule has 4 rings (SSSR count). The Morgan fingerprint density at radius 2 is 2.03 bits per heavy atom. The van der Waals surface area contributed by atoms with Crippen molar-refractivity contribution in [2.24, 2.45) is 7.05 Å². The van der Waals surface area contributed by atoms with E-state index in [4.69, 9.17) is 21.1 Å². The lowest BCUT2D eigenvalue weighted by Gasteiger charge is -2.34. The largest absolute Gasteiger partial charge is 0.482 e. The first-order valence-electron chi connectivity index (χ1n) is 10.6. The quantitative estimate of drug-likeness (QED) is 0.488. The summed E-state index contributed by atoms with van der Waals surface area (Å²) in [6.45, 7) is 2.97. The molecule has 0 aromatic carbocycles. The molecule has 1 amide bonds. The van der Waals surface area contributed by atoms with Gasteiger partial charge in [-0.25, -0.2) is 18.7 Å². The molecule has 0 saturated carbocycles. The van der Waals surface area contributed by atoms with Crippen molar-refractivity contribution in [2.75, 3.05) is 18.1 Å². The number of fused-ring (bicyclic) bond motifs is 1. The van der Waals surface area contributed by atoms with Crippen LogP contribution in [0.15, 0.2) is 18.3 Å². The van der Waals surface area contributed by atoms with Crippen LogP contribution in [0.5, 0.6) is 17.5 Å². The van der Waals surface area contributed by atoms with E-state index in [-0.39, 0.29) is 39.8 Å². The van der Waals surface area contributed by atoms with Crippen LogP contribution in [0.2, 0.25) is 5.02 Å². The monoisotopic (exact) mass is 511 g/mol. The van der Waals surface area contributed by atoms with Crippen LogP contribution in [-0.2, 0) is 7.05 Å². The van der Waals surface area contributed by atoms with Crippen LogP contribution in [0, 0.1) is 6.92 Å². The van der Waals surface area contributed by atoms with Gasteiger partial charge in [-0.15, -0.1) is 0 Å². The minimum Gasteiger partial charge on any atom is -0.482 e. The number of amides is 1. The van der Waals surface area contributed by atoms with Gasteiger partial charge in [0.25, 0.3) is 18.2 Å². The summed E-state index contributed by atoms with van der Waals surface area (Å²) in [5, 5.41) is 3.34. The molecule has 1 aliphatic rings. The van der Waals surface area contributed by atoms with Crippen molar-refractivity contribution in [3.63, 3.8) is 0 Å². The van der Waals surface area contributed by atoms with Gasteiger partial charge in [0.05, 0.1) is 5.02 Å². The standard InChI is InChI=1S/C22H24ClF2N5O3S/c1-12-8-14-17(30(3)18(27-14)19(31)29-22(2)4-6-34-7-5-22)28-20(12)33-21-15(32-11-16(24)25)9-13(23)10-26-21/h8-10,16H,4-7,11H2,1-3H3,(H,29,31). The third-order valence-corrected chi connectivity index (χ3v) is 6.74. The molecule has 3 aromatic rings. The lowest BCUT2D eigenvalue weighted by atomic mass is 9.95. The number of hydrogen-bond donors (Lipinski definition) is 1. The Labute approximate surface area is 204 Å². The van der Waals surface area contributed by atoms with Gasteiger partial charge in [-0.2, -0.15) is 16.7 Å². The zero-order chi connectivity index (χ0) is 24.5. The van der Waals surface area contributed by atoms with E-state index in [0.29, 0.717) is 16.7 Å². The van der Waals surface area contributed by atoms with Crippen LogP contribution >= 0.6 is 23.4 Å². The van der Waals surface area contributed by atoms with Crippen molar-refractivity contribution in [3.05, 3.63) is 34.7 Å². The number of imidazole rings is 1. The summed E-state index contributed by atoms with van der Waals surface area (Å²) < 4.78 is 37.8. The van der Waals surface area contributed by atoms with E-state index in [2.05, 4.69) is 27.2 Å². The molecule has 1 fully saturated rings. The van der Waals surface area contributed by atoms with Crippen LogP contribution in [0.3, 0.4) is 0 Å². The van der Waals surface area contributed by atoms with Crippen molar-refractivity contribution >= 4 is 40.4 Å². The van der Waals surface area contributed by atoms with Crippen molar-refractivity contribution in [1.29, 1.82) is 0 Å². The predicted molar refractivity (Wildman–Crippen MR) is 126 cm³/mol. The first-order chi connectivity index (χ1) is 16.1. The Balaban J connectivity index is 1.62. The van der Waals surface area contributed by atoms with E-state index >= 15 is 0 Å². The van der Waals surface area contributed by atoms with E-state index in [0.717, 1.165) is 24.3 Å². The van der Waals surface area contributed by atoms with Gasteiger partial charge < -0.3 is 19.4 Å². The van der Waals surface area contributed by atoms with E-state index in [9.17, 15) is 13.6 Å². The molecule has 182 valence electrons. The fraction of sp³-hybridized carbons (Fsp3) is 0.455. The number of nitrogens with one attached hydrogen (secondary N) is 1. The number of nitrogens with zero attached hydrogens (tertiary/aromatic N) is 4. The van der Waals surface area contributed by atoms with Gasteiger partial charge in [0.2, 0.25) is 11.7 Å². The van der Waals surface area contributed by atoms with E-state index in [1.54, 1.807) is 24.6 Å². The number of aromatic nitrogens is 4. The number of halogens is 3. The molecule has 1 N–H and O–H groups in total. The highest BCUT2D eigenvalue weighted by molar-refractivity contribution is 7.99. The molecule has 0 radical (unpaired) electrons. The van der Waals surface area contributed by atoms with Crippen LogP contribution in [0.1, 0.15) is 35.9 Å². The molecule has 1 saturated heterocycles. The van der Waals surface area contributed by atoms with E-state index < -0.39 is 13.0 Å². The van der Waals surface area contributed by atoms with Crippen LogP contribution < -0.4 is 14.8 Å². The number of ether oxygens (including phenoxy) is 2. The molecule has 0 bridgehead atoms. The second-order valence-electron chi connectivity index (χ2n) is 8.34. The Morgan fingerprint density at radius 1 is 1.29 bits per heavy atom. The van der Waals surface area contributed by atoms with E-state index in [1.807, 2.05) is 11.8 Å². The molecule has 3 aromatic heterocycles. The maximum atomic E-state index is 13.0. The topological polar surface area (TPSA) is 91.2 Å². The molecule has 1 aliphatic heterocycles. The highest BCUT2D eigenvalue weighted by Gasteiger charge is 2.31. The van der Waals surface area contributed by atoms with E-state index in [1.165, 1.54) is 12.3 Å². The maximum Gasteiger partial charge on any atom is 0.287 e. The van der Waals surface area contributed by atoms with Crippen LogP contribution in [0.25, 0.3) is 11.2 Å². The zero-order valence-corrected chi connectivity index (χ0v) is 20.5. The number of alkyl halides is 2. The fourth-order valence-electron chi connectivity index (χ4n) is 3.61. The zero-order valence-electron chi connectivity index (χ0n) is 18.9. The number of carbonyl (C=O) groups is 1. The summed E-state index contributed by atoms with van der Waals surface area (Å²) in [5.74, 6) is 2.07. The lowest BCUT2D eigenvalue weighted by molar-refractivity contribution is 0.0803. The Morgan fingerprint density at radius 3 is 2.74 bits per heavy atom. The van der Waals surface area contributed by atoms with Crippen molar-refractivity contribution < 1.29 is 23.0 Å². The van der Waals surface area contributed by atoms with Crippen molar-refractivity contribution in [2.45, 2.75) is 38.7 Å². The van der Waals surface area contributed by atoms with Crippen LogP contribution in [-0.4, -0.2) is 55.5 Å². The summed E-state index contributed by atoms with van der Waals surface area (Å²) in [4.78, 5) is 26.1. The SMILES string of the molecule is Cc1cc2nc(C(=O)NC3(C)CCSCC3)n(C)c2nc1Oc1ncc(Cl)cc1OCC(F)F. The molecule has 34 heavy (non-hydrogen) atoms. The minimum atomic E-state index is -2.67. The predicted octanol–water partition coefficient (Wildman–Crippen LogP) is 4.78. The summed E-state index contributed by atoms with van der Waals surface area (Å²) in [5.41, 5.74) is 1.30. The lowest BCUT2D eigenvalue weighted by Crippen LogP contribution is -2.48. The Hall–Kier alpha value is -2.66. The Kier molecular flexibility index (Phi) is 7.13. The second-order valence-corrected chi connectivity index (χ2v) is 10.00. The second kappa shape index (κ2) is 9.91. The number of thioether (sulfide) groups is 1. The van der Waals surface area contributed by atoms with Crippen LogP contribution in [0.4, 0.5) is 8.78 Å². The van der Waals surface area contributed by atoms with Crippen molar-refractivity contribution in [1.82, 2.24) is 24.8 Å². The molecule has 0 atom stereocenters. The first kappa shape index (κ1) is 24.5. The molecule has 0 unspecified atom stereocenters. The van der Waals surface area contributed by atoms with Gasteiger partial charge in [-0.1, -0.05) is 11.6 Å². The van der Waals surface area contributed by atoms with Gasteiger partial charge in [-0.3, -0.25) is 4.79 Å². The molecular formula is C22H24ClF2N5O3S. The number of rotatable bonds is 7. The summed E-state index contributed by atoms with van der Waals surface area (Å²) in [7, 11) is 1.70. The third-order valence-electron chi connectivity index (χ3n) is 5.55. The van der Waals surface area contributed by atoms with Gasteiger partial charge >= 0.3 is 0 Å². The maximum absolute atomic E-state index is 13.0. The number of hydrogen-bond acceptors (Lipinski definition) is 7. The molecule has 12 heteroatoms. The van der Waals surface area contributed by atoms with Gasteiger partial charge in [-0.05, 0) is 44.3 Å². The molecule has 8 nitrogen and oxygen atoms in total. The Bertz CT molecular complexity index is 1220. The molecule has 0 spiro atoms. The normalized spacial score (nSPS) is 15.5. The number of carbonyl (C=O) groups excluding carboxylic acids is 1. The molecule has 0 aliphatic carbocycles. The number of aryl methyl sites for hydroxylation is 2. The smallest absolute Gasteiger partial charge is 0.287 e. The van der Waals surface area contributed by atoms with Gasteiger partial charge in [0.1, 0.15) is 12.1 Å². The summed E-state index contributed by atoms with van der Waals surface area (Å²) >= 11 is 7.81. The molecular weight excluding hydrogens is 488 g/mol. The summed E-state index contributed by atoms with van der Waals surface area (Å²) in [6.07, 6.45) is 0.438. The highest BCUT2D eigenvalue weighted by Crippen LogP contribution is 2.33. The molecule has 4 heterocycles. The third kappa shape index (κ3) is 5.35. The van der Waals surface area contributed by atoms with Gasteiger partial charge in [0, 0.05) is 30.4 Å². The highest BCUT2D eigenvalue weighted by atomic mass is 35.5. The average Bonchev–Trinajstić information content (AvgIpc) is 3.09.